The summed E-state index contributed by atoms with van der Waals surface area (Å²) in [6, 6.07) is 12.4. The fourth-order valence-electron chi connectivity index (χ4n) is 2.11. The molecule has 0 atom stereocenters. The molecule has 1 aromatic heterocycles. The molecule has 1 heterocycles. The summed E-state index contributed by atoms with van der Waals surface area (Å²) in [6.45, 7) is 0.567. The van der Waals surface area contributed by atoms with Crippen molar-refractivity contribution in [2.75, 3.05) is 0 Å². The zero-order valence-corrected chi connectivity index (χ0v) is 10.2. The summed E-state index contributed by atoms with van der Waals surface area (Å²) in [7, 11) is 0. The van der Waals surface area contributed by atoms with Crippen LogP contribution in [0.2, 0.25) is 0 Å². The van der Waals surface area contributed by atoms with E-state index in [0.29, 0.717) is 18.8 Å². The Hall–Kier alpha value is -1.65. The molecule has 1 fully saturated rings. The van der Waals surface area contributed by atoms with Crippen molar-refractivity contribution in [3.8, 4) is 5.69 Å². The van der Waals surface area contributed by atoms with Gasteiger partial charge in [0, 0.05) is 12.2 Å². The molecular formula is C14H17N3O. The molecular weight excluding hydrogens is 226 g/mol. The third-order valence-corrected chi connectivity index (χ3v) is 3.26. The first-order chi connectivity index (χ1) is 8.81. The average Bonchev–Trinajstić information content (AvgIpc) is 2.83. The molecule has 0 bridgehead atoms. The third-order valence-electron chi connectivity index (χ3n) is 3.26. The zero-order valence-electron chi connectivity index (χ0n) is 10.2. The van der Waals surface area contributed by atoms with Gasteiger partial charge in [-0.25, -0.2) is 4.68 Å². The molecule has 4 heteroatoms. The van der Waals surface area contributed by atoms with E-state index in [1.54, 1.807) is 0 Å². The second-order valence-corrected chi connectivity index (χ2v) is 4.75. The number of hydrogen-bond donors (Lipinski definition) is 1. The van der Waals surface area contributed by atoms with Gasteiger partial charge in [0.05, 0.1) is 24.1 Å². The fraction of sp³-hybridized carbons (Fsp3) is 0.357. The van der Waals surface area contributed by atoms with Crippen LogP contribution in [0.3, 0.4) is 0 Å². The van der Waals surface area contributed by atoms with Gasteiger partial charge in [-0.15, -0.1) is 0 Å². The maximum Gasteiger partial charge on any atom is 0.0910 e. The van der Waals surface area contributed by atoms with Crippen LogP contribution in [0.4, 0.5) is 0 Å². The van der Waals surface area contributed by atoms with Crippen LogP contribution in [0, 0.1) is 0 Å². The van der Waals surface area contributed by atoms with Gasteiger partial charge >= 0.3 is 0 Å². The van der Waals surface area contributed by atoms with E-state index in [1.807, 2.05) is 47.3 Å². The van der Waals surface area contributed by atoms with Crippen LogP contribution in [0.1, 0.15) is 18.5 Å². The smallest absolute Gasteiger partial charge is 0.0910 e. The summed E-state index contributed by atoms with van der Waals surface area (Å²) < 4.78 is 7.59. The number of hydrogen-bond acceptors (Lipinski definition) is 3. The lowest BCUT2D eigenvalue weighted by Crippen LogP contribution is -2.41. The summed E-state index contributed by atoms with van der Waals surface area (Å²) in [5, 5.41) is 4.49. The van der Waals surface area contributed by atoms with Crippen LogP contribution in [-0.2, 0) is 11.3 Å². The van der Waals surface area contributed by atoms with Crippen LogP contribution in [0.15, 0.2) is 42.6 Å². The van der Waals surface area contributed by atoms with Gasteiger partial charge in [0.25, 0.3) is 0 Å². The molecule has 2 N–H and O–H groups in total. The minimum Gasteiger partial charge on any atom is -0.372 e. The van der Waals surface area contributed by atoms with Gasteiger partial charge in [0.1, 0.15) is 0 Å². The predicted octanol–water partition coefficient (Wildman–Crippen LogP) is 1.88. The molecule has 4 nitrogen and oxygen atoms in total. The Kier molecular flexibility index (Phi) is 3.13. The number of ether oxygens (including phenoxy) is 1. The minimum atomic E-state index is 0.321. The van der Waals surface area contributed by atoms with Gasteiger partial charge < -0.3 is 10.5 Å². The van der Waals surface area contributed by atoms with E-state index < -0.39 is 0 Å². The molecule has 1 aromatic carbocycles. The normalized spacial score (nSPS) is 22.7. The van der Waals surface area contributed by atoms with Crippen molar-refractivity contribution in [2.45, 2.75) is 31.6 Å². The first-order valence-corrected chi connectivity index (χ1v) is 6.28. The molecule has 1 saturated carbocycles. The Labute approximate surface area is 106 Å². The molecule has 0 unspecified atom stereocenters. The first-order valence-electron chi connectivity index (χ1n) is 6.28. The van der Waals surface area contributed by atoms with Gasteiger partial charge in [-0.05, 0) is 31.0 Å². The summed E-state index contributed by atoms with van der Waals surface area (Å²) in [4.78, 5) is 0. The fourth-order valence-corrected chi connectivity index (χ4v) is 2.11. The molecule has 94 valence electrons. The van der Waals surface area contributed by atoms with Crippen molar-refractivity contribution in [3.05, 3.63) is 48.3 Å². The number of aromatic nitrogens is 2. The topological polar surface area (TPSA) is 53.1 Å². The highest BCUT2D eigenvalue weighted by Crippen LogP contribution is 2.22. The maximum absolute atomic E-state index is 5.73. The quantitative estimate of drug-likeness (QED) is 0.892. The maximum atomic E-state index is 5.73. The zero-order chi connectivity index (χ0) is 12.4. The Balaban J connectivity index is 1.60. The van der Waals surface area contributed by atoms with Crippen LogP contribution >= 0.6 is 0 Å². The van der Waals surface area contributed by atoms with E-state index in [-0.39, 0.29) is 0 Å². The summed E-state index contributed by atoms with van der Waals surface area (Å²) >= 11 is 0. The van der Waals surface area contributed by atoms with Crippen molar-refractivity contribution in [3.63, 3.8) is 0 Å². The number of para-hydroxylation sites is 1. The molecule has 0 aliphatic heterocycles. The lowest BCUT2D eigenvalue weighted by atomic mass is 9.90. The van der Waals surface area contributed by atoms with E-state index in [1.165, 1.54) is 0 Å². The van der Waals surface area contributed by atoms with Crippen LogP contribution < -0.4 is 5.73 Å². The lowest BCUT2D eigenvalue weighted by Gasteiger charge is -2.31. The standard InChI is InChI=1S/C14H17N3O/c15-11-8-14(9-11)18-10-12-6-7-17(16-12)13-4-2-1-3-5-13/h1-7,11,14H,8-10,15H2. The predicted molar refractivity (Wildman–Crippen MR) is 69.4 cm³/mol. The van der Waals surface area contributed by atoms with E-state index >= 15 is 0 Å². The van der Waals surface area contributed by atoms with Crippen molar-refractivity contribution < 1.29 is 4.74 Å². The van der Waals surface area contributed by atoms with Crippen molar-refractivity contribution in [1.82, 2.24) is 9.78 Å². The molecule has 0 spiro atoms. The van der Waals surface area contributed by atoms with Crippen LogP contribution in [-0.4, -0.2) is 21.9 Å². The Morgan fingerprint density at radius 1 is 1.22 bits per heavy atom. The second-order valence-electron chi connectivity index (χ2n) is 4.75. The van der Waals surface area contributed by atoms with Crippen LogP contribution in [0.25, 0.3) is 5.69 Å². The van der Waals surface area contributed by atoms with Crippen molar-refractivity contribution in [1.29, 1.82) is 0 Å². The van der Waals surface area contributed by atoms with Gasteiger partial charge in [-0.3, -0.25) is 0 Å². The molecule has 2 aromatic rings. The van der Waals surface area contributed by atoms with Crippen molar-refractivity contribution >= 4 is 0 Å². The molecule has 0 amide bonds. The molecule has 1 aliphatic rings. The van der Waals surface area contributed by atoms with Gasteiger partial charge in [-0.2, -0.15) is 5.10 Å². The van der Waals surface area contributed by atoms with Crippen LogP contribution in [0.5, 0.6) is 0 Å². The second kappa shape index (κ2) is 4.92. The van der Waals surface area contributed by atoms with E-state index in [4.69, 9.17) is 10.5 Å². The first kappa shape index (κ1) is 11.4. The Morgan fingerprint density at radius 2 is 2.00 bits per heavy atom. The van der Waals surface area contributed by atoms with Crippen molar-refractivity contribution in [2.24, 2.45) is 5.73 Å². The number of benzene rings is 1. The van der Waals surface area contributed by atoms with E-state index in [0.717, 1.165) is 24.2 Å². The van der Waals surface area contributed by atoms with Gasteiger partial charge in [0.2, 0.25) is 0 Å². The van der Waals surface area contributed by atoms with Gasteiger partial charge in [-0.1, -0.05) is 18.2 Å². The third kappa shape index (κ3) is 2.44. The summed E-state index contributed by atoms with van der Waals surface area (Å²) in [6.07, 6.45) is 4.22. The highest BCUT2D eigenvalue weighted by Gasteiger charge is 2.26. The molecule has 0 radical (unpaired) electrons. The number of nitrogens with zero attached hydrogens (tertiary/aromatic N) is 2. The lowest BCUT2D eigenvalue weighted by molar-refractivity contribution is -0.0202. The van der Waals surface area contributed by atoms with E-state index in [9.17, 15) is 0 Å². The number of rotatable bonds is 4. The summed E-state index contributed by atoms with van der Waals surface area (Å²) in [5.74, 6) is 0. The molecule has 0 saturated heterocycles. The monoisotopic (exact) mass is 243 g/mol. The highest BCUT2D eigenvalue weighted by atomic mass is 16.5. The molecule has 3 rings (SSSR count). The SMILES string of the molecule is NC1CC(OCc2ccn(-c3ccccc3)n2)C1. The minimum absolute atomic E-state index is 0.321. The molecule has 18 heavy (non-hydrogen) atoms. The van der Waals surface area contributed by atoms with Gasteiger partial charge in [0.15, 0.2) is 0 Å². The highest BCUT2D eigenvalue weighted by molar-refractivity contribution is 5.30. The summed E-state index contributed by atoms with van der Waals surface area (Å²) in [5.41, 5.74) is 7.74. The molecule has 1 aliphatic carbocycles. The Morgan fingerprint density at radius 3 is 2.72 bits per heavy atom. The average molecular weight is 243 g/mol. The Bertz CT molecular complexity index is 503. The largest absolute Gasteiger partial charge is 0.372 e. The van der Waals surface area contributed by atoms with E-state index in [2.05, 4.69) is 5.10 Å². The number of nitrogens with two attached hydrogens (primary N) is 1.